The molecule has 162 valence electrons. The van der Waals surface area contributed by atoms with E-state index in [0.29, 0.717) is 0 Å². The van der Waals surface area contributed by atoms with Crippen LogP contribution in [0.4, 0.5) is 0 Å². The largest absolute Gasteiger partial charge is 0.462 e. The number of carbonyl (C=O) groups is 2. The Morgan fingerprint density at radius 3 is 1.82 bits per heavy atom. The maximum atomic E-state index is 11.8. The summed E-state index contributed by atoms with van der Waals surface area (Å²) < 4.78 is 10.0. The first kappa shape index (κ1) is 24.7. The Morgan fingerprint density at radius 1 is 0.750 bits per heavy atom. The van der Waals surface area contributed by atoms with Crippen molar-refractivity contribution >= 4 is 11.9 Å². The van der Waals surface area contributed by atoms with Crippen LogP contribution >= 0.6 is 0 Å². The summed E-state index contributed by atoms with van der Waals surface area (Å²) in [7, 11) is 0. The summed E-state index contributed by atoms with van der Waals surface area (Å²) in [5.41, 5.74) is 0. The van der Waals surface area contributed by atoms with Crippen LogP contribution in [0.2, 0.25) is 0 Å². The number of hydrogen-bond acceptors (Lipinski definition) is 4. The van der Waals surface area contributed by atoms with Gasteiger partial charge in [-0.25, -0.2) is 0 Å². The molecule has 0 amide bonds. The molecule has 1 heterocycles. The van der Waals surface area contributed by atoms with Crippen LogP contribution in [-0.2, 0) is 19.1 Å². The third-order valence-corrected chi connectivity index (χ3v) is 5.37. The molecule has 0 spiro atoms. The highest BCUT2D eigenvalue weighted by Gasteiger charge is 2.23. The van der Waals surface area contributed by atoms with Crippen molar-refractivity contribution in [2.45, 2.75) is 110 Å². The summed E-state index contributed by atoms with van der Waals surface area (Å²) in [4.78, 5) is 23.3. The molecule has 0 aromatic carbocycles. The molecule has 1 fully saturated rings. The van der Waals surface area contributed by atoms with E-state index in [1.165, 1.54) is 83.5 Å². The van der Waals surface area contributed by atoms with Crippen molar-refractivity contribution in [3.05, 3.63) is 12.2 Å². The molecule has 1 rings (SSSR count). The second kappa shape index (κ2) is 17.8. The molecule has 28 heavy (non-hydrogen) atoms. The molecule has 1 aliphatic heterocycles. The van der Waals surface area contributed by atoms with Gasteiger partial charge in [0.1, 0.15) is 13.2 Å². The van der Waals surface area contributed by atoms with Crippen LogP contribution in [-0.4, -0.2) is 25.2 Å². The highest BCUT2D eigenvalue weighted by atomic mass is 16.6. The molecule has 0 aromatic rings. The van der Waals surface area contributed by atoms with Crippen LogP contribution < -0.4 is 0 Å². The number of carbonyl (C=O) groups excluding carboxylic acids is 2. The molecule has 1 unspecified atom stereocenters. The maximum absolute atomic E-state index is 11.8. The Hall–Kier alpha value is -1.32. The lowest BCUT2D eigenvalue weighted by Crippen LogP contribution is -2.26. The molecule has 1 atom stereocenters. The fraction of sp³-hybridized carbons (Fsp3) is 0.833. The predicted molar refractivity (Wildman–Crippen MR) is 114 cm³/mol. The van der Waals surface area contributed by atoms with Gasteiger partial charge in [-0.3, -0.25) is 9.59 Å². The van der Waals surface area contributed by atoms with E-state index < -0.39 is 5.92 Å². The van der Waals surface area contributed by atoms with E-state index in [1.807, 2.05) is 12.2 Å². The Labute approximate surface area is 172 Å². The first-order valence-corrected chi connectivity index (χ1v) is 11.7. The molecule has 4 heteroatoms. The standard InChI is InChI=1S/C24H42O4/c1-2-3-4-5-6-7-8-9-10-11-12-13-14-15-16-17-18-22-21-23(25)27-19-20-28-24(22)26/h17-18,22H,2-16,19-21H2,1H3. The quantitative estimate of drug-likeness (QED) is 0.170. The van der Waals surface area contributed by atoms with Crippen molar-refractivity contribution in [3.8, 4) is 0 Å². The fourth-order valence-electron chi connectivity index (χ4n) is 3.59. The average molecular weight is 395 g/mol. The smallest absolute Gasteiger partial charge is 0.313 e. The Kier molecular flexibility index (Phi) is 15.7. The monoisotopic (exact) mass is 394 g/mol. The van der Waals surface area contributed by atoms with Gasteiger partial charge in [0, 0.05) is 0 Å². The molecule has 1 aliphatic rings. The lowest BCUT2D eigenvalue weighted by Gasteiger charge is -2.15. The minimum Gasteiger partial charge on any atom is -0.462 e. The lowest BCUT2D eigenvalue weighted by atomic mass is 10.0. The van der Waals surface area contributed by atoms with E-state index in [-0.39, 0.29) is 31.6 Å². The van der Waals surface area contributed by atoms with Gasteiger partial charge >= 0.3 is 11.9 Å². The summed E-state index contributed by atoms with van der Waals surface area (Å²) in [5, 5.41) is 0. The van der Waals surface area contributed by atoms with Crippen molar-refractivity contribution in [1.82, 2.24) is 0 Å². The molecule has 0 radical (unpaired) electrons. The van der Waals surface area contributed by atoms with Crippen molar-refractivity contribution in [3.63, 3.8) is 0 Å². The average Bonchev–Trinajstić information content (AvgIpc) is 2.68. The Balaban J connectivity index is 1.90. The highest BCUT2D eigenvalue weighted by Crippen LogP contribution is 2.15. The van der Waals surface area contributed by atoms with Crippen LogP contribution in [0.25, 0.3) is 0 Å². The highest BCUT2D eigenvalue weighted by molar-refractivity contribution is 5.81. The summed E-state index contributed by atoms with van der Waals surface area (Å²) in [6.45, 7) is 2.60. The van der Waals surface area contributed by atoms with Crippen LogP contribution in [0.1, 0.15) is 110 Å². The zero-order chi connectivity index (χ0) is 20.3. The second-order valence-corrected chi connectivity index (χ2v) is 8.01. The van der Waals surface area contributed by atoms with Gasteiger partial charge in [-0.2, -0.15) is 0 Å². The summed E-state index contributed by atoms with van der Waals surface area (Å²) in [5.74, 6) is -1.11. The molecule has 4 nitrogen and oxygen atoms in total. The van der Waals surface area contributed by atoms with E-state index in [1.54, 1.807) is 0 Å². The third-order valence-electron chi connectivity index (χ3n) is 5.37. The molecule has 1 saturated heterocycles. The summed E-state index contributed by atoms with van der Waals surface area (Å²) in [6, 6.07) is 0. The minimum absolute atomic E-state index is 0.0913. The third kappa shape index (κ3) is 13.8. The molecule has 0 saturated carbocycles. The number of hydrogen-bond donors (Lipinski definition) is 0. The number of cyclic esters (lactones) is 2. The molecule has 0 aliphatic carbocycles. The van der Waals surface area contributed by atoms with Gasteiger partial charge in [0.05, 0.1) is 12.3 Å². The van der Waals surface area contributed by atoms with Crippen LogP contribution in [0, 0.1) is 5.92 Å². The van der Waals surface area contributed by atoms with Gasteiger partial charge < -0.3 is 9.47 Å². The normalized spacial score (nSPS) is 18.0. The summed E-state index contributed by atoms with van der Waals surface area (Å²) >= 11 is 0. The van der Waals surface area contributed by atoms with E-state index >= 15 is 0 Å². The van der Waals surface area contributed by atoms with Crippen LogP contribution in [0.15, 0.2) is 12.2 Å². The van der Waals surface area contributed by atoms with Gasteiger partial charge in [0.25, 0.3) is 0 Å². The number of allylic oxidation sites excluding steroid dienone is 1. The van der Waals surface area contributed by atoms with E-state index in [9.17, 15) is 9.59 Å². The van der Waals surface area contributed by atoms with Gasteiger partial charge in [-0.15, -0.1) is 0 Å². The number of ether oxygens (including phenoxy) is 2. The lowest BCUT2D eigenvalue weighted by molar-refractivity contribution is -0.161. The second-order valence-electron chi connectivity index (χ2n) is 8.01. The van der Waals surface area contributed by atoms with Crippen molar-refractivity contribution in [2.75, 3.05) is 13.2 Å². The topological polar surface area (TPSA) is 52.6 Å². The molecular weight excluding hydrogens is 352 g/mol. The minimum atomic E-state index is -0.487. The molecule has 0 aromatic heterocycles. The first-order chi connectivity index (χ1) is 13.7. The molecule has 0 N–H and O–H groups in total. The zero-order valence-electron chi connectivity index (χ0n) is 18.1. The Bertz CT molecular complexity index is 430. The van der Waals surface area contributed by atoms with Gasteiger partial charge in [-0.05, 0) is 12.8 Å². The van der Waals surface area contributed by atoms with Gasteiger partial charge in [0.15, 0.2) is 0 Å². The fourth-order valence-corrected chi connectivity index (χ4v) is 3.59. The van der Waals surface area contributed by atoms with E-state index in [2.05, 4.69) is 6.92 Å². The SMILES string of the molecule is CCCCCCCCCCCCCCCCC=CC1CC(=O)OCCOC1=O. The van der Waals surface area contributed by atoms with E-state index in [0.717, 1.165) is 12.8 Å². The van der Waals surface area contributed by atoms with Crippen molar-refractivity contribution in [2.24, 2.45) is 5.92 Å². The van der Waals surface area contributed by atoms with Gasteiger partial charge in [0.2, 0.25) is 0 Å². The van der Waals surface area contributed by atoms with Crippen molar-refractivity contribution < 1.29 is 19.1 Å². The first-order valence-electron chi connectivity index (χ1n) is 11.7. The Morgan fingerprint density at radius 2 is 1.25 bits per heavy atom. The predicted octanol–water partition coefficient (Wildman–Crippen LogP) is 6.52. The maximum Gasteiger partial charge on any atom is 0.313 e. The molecular formula is C24H42O4. The van der Waals surface area contributed by atoms with E-state index in [4.69, 9.17) is 9.47 Å². The number of esters is 2. The zero-order valence-corrected chi connectivity index (χ0v) is 18.1. The summed E-state index contributed by atoms with van der Waals surface area (Å²) in [6.07, 6.45) is 23.9. The van der Waals surface area contributed by atoms with Crippen LogP contribution in [0.3, 0.4) is 0 Å². The number of rotatable bonds is 16. The van der Waals surface area contributed by atoms with Gasteiger partial charge in [-0.1, -0.05) is 103 Å². The van der Waals surface area contributed by atoms with Crippen LogP contribution in [0.5, 0.6) is 0 Å². The molecule has 0 bridgehead atoms. The number of unbranched alkanes of at least 4 members (excludes halogenated alkanes) is 14. The van der Waals surface area contributed by atoms with Crippen molar-refractivity contribution in [1.29, 1.82) is 0 Å².